The summed E-state index contributed by atoms with van der Waals surface area (Å²) in [7, 11) is 0. The van der Waals surface area contributed by atoms with Gasteiger partial charge in [-0.05, 0) is 74.3 Å². The molecule has 0 amide bonds. The Morgan fingerprint density at radius 2 is 2.05 bits per heavy atom. The Morgan fingerprint density at radius 1 is 1.24 bits per heavy atom. The van der Waals surface area contributed by atoms with Crippen molar-refractivity contribution in [1.82, 2.24) is 9.97 Å². The van der Waals surface area contributed by atoms with Crippen LogP contribution in [-0.2, 0) is 9.59 Å². The van der Waals surface area contributed by atoms with E-state index in [-0.39, 0.29) is 41.4 Å². The van der Waals surface area contributed by atoms with Crippen molar-refractivity contribution >= 4 is 34.1 Å². The molecule has 7 nitrogen and oxygen atoms in total. The summed E-state index contributed by atoms with van der Waals surface area (Å²) in [5.41, 5.74) is -1.08. The van der Waals surface area contributed by atoms with Crippen molar-refractivity contribution in [2.24, 2.45) is 28.6 Å². The van der Waals surface area contributed by atoms with Gasteiger partial charge in [-0.1, -0.05) is 37.1 Å². The molecule has 0 saturated heterocycles. The molecule has 2 aromatic rings. The fourth-order valence-corrected chi connectivity index (χ4v) is 8.33. The van der Waals surface area contributed by atoms with Crippen molar-refractivity contribution in [2.75, 3.05) is 6.61 Å². The number of halogens is 1. The number of nitrogens with zero attached hydrogens (tertiary/aromatic N) is 2. The number of aromatic nitrogens is 2. The highest BCUT2D eigenvalue weighted by Crippen LogP contribution is 2.67. The molecule has 1 aromatic carbocycles. The predicted octanol–water partition coefficient (Wildman–Crippen LogP) is 4.24. The fraction of sp³-hybridized carbons (Fsp3) is 0.517. The molecule has 4 aliphatic carbocycles. The summed E-state index contributed by atoms with van der Waals surface area (Å²) < 4.78 is 5.84. The minimum absolute atomic E-state index is 0.00136. The molecule has 2 N–H and O–H groups in total. The molecule has 3 fully saturated rings. The second kappa shape index (κ2) is 8.45. The lowest BCUT2D eigenvalue weighted by Gasteiger charge is -2.59. The van der Waals surface area contributed by atoms with E-state index >= 15 is 0 Å². The number of aliphatic hydroxyl groups excluding tert-OH is 1. The van der Waals surface area contributed by atoms with Crippen molar-refractivity contribution in [3.63, 3.8) is 0 Å². The first-order valence-electron chi connectivity index (χ1n) is 13.0. The monoisotopic (exact) mass is 522 g/mol. The number of benzene rings is 1. The van der Waals surface area contributed by atoms with Gasteiger partial charge in [-0.25, -0.2) is 9.97 Å². The molecule has 3 saturated carbocycles. The Hall–Kier alpha value is -2.61. The Balaban J connectivity index is 1.26. The molecule has 4 aliphatic rings. The molecule has 0 spiro atoms. The zero-order chi connectivity index (χ0) is 26.2. The third-order valence-electron chi connectivity index (χ3n) is 10.0. The van der Waals surface area contributed by atoms with Gasteiger partial charge in [-0.15, -0.1) is 0 Å². The van der Waals surface area contributed by atoms with Crippen LogP contribution in [0.15, 0.2) is 48.3 Å². The number of ether oxygens (including phenoxy) is 1. The first kappa shape index (κ1) is 24.7. The summed E-state index contributed by atoms with van der Waals surface area (Å²) in [5, 5.41) is 24.6. The first-order valence-corrected chi connectivity index (χ1v) is 13.4. The number of hydrogen-bond acceptors (Lipinski definition) is 7. The molecule has 37 heavy (non-hydrogen) atoms. The van der Waals surface area contributed by atoms with Crippen LogP contribution in [0, 0.1) is 28.6 Å². The van der Waals surface area contributed by atoms with Crippen LogP contribution in [0.25, 0.3) is 10.9 Å². The number of rotatable bonds is 4. The van der Waals surface area contributed by atoms with E-state index in [1.54, 1.807) is 30.4 Å². The van der Waals surface area contributed by atoms with Crippen LogP contribution >= 0.6 is 11.6 Å². The van der Waals surface area contributed by atoms with Crippen molar-refractivity contribution in [1.29, 1.82) is 0 Å². The lowest BCUT2D eigenvalue weighted by atomic mass is 9.46. The summed E-state index contributed by atoms with van der Waals surface area (Å²) >= 11 is 6.07. The average Bonchev–Trinajstić information content (AvgIpc) is 3.13. The second-order valence-electron chi connectivity index (χ2n) is 11.7. The van der Waals surface area contributed by atoms with Crippen LogP contribution in [0.3, 0.4) is 0 Å². The van der Waals surface area contributed by atoms with Gasteiger partial charge in [0.15, 0.2) is 12.4 Å². The Kier molecular flexibility index (Phi) is 5.64. The van der Waals surface area contributed by atoms with E-state index in [9.17, 15) is 19.8 Å². The molecular weight excluding hydrogens is 492 g/mol. The second-order valence-corrected chi connectivity index (χ2v) is 12.1. The van der Waals surface area contributed by atoms with Crippen molar-refractivity contribution < 1.29 is 24.5 Å². The van der Waals surface area contributed by atoms with Crippen molar-refractivity contribution in [2.45, 2.75) is 57.7 Å². The maximum atomic E-state index is 13.6. The smallest absolute Gasteiger partial charge is 0.224 e. The van der Waals surface area contributed by atoms with E-state index in [1.807, 2.05) is 13.0 Å². The molecule has 6 rings (SSSR count). The number of hydrogen-bond donors (Lipinski definition) is 2. The lowest BCUT2D eigenvalue weighted by molar-refractivity contribution is -0.178. The van der Waals surface area contributed by atoms with Gasteiger partial charge in [0.25, 0.3) is 0 Å². The Morgan fingerprint density at radius 3 is 2.86 bits per heavy atom. The quantitative estimate of drug-likeness (QED) is 0.618. The van der Waals surface area contributed by atoms with Crippen LogP contribution < -0.4 is 4.74 Å². The van der Waals surface area contributed by atoms with Gasteiger partial charge in [0, 0.05) is 21.8 Å². The van der Waals surface area contributed by atoms with E-state index in [4.69, 9.17) is 16.3 Å². The predicted molar refractivity (Wildman–Crippen MR) is 138 cm³/mol. The Bertz CT molecular complexity index is 1370. The molecule has 1 aromatic heterocycles. The SMILES string of the molecule is CC12C=CC(=O)C=C1CCC1C2[C@@H](O)CC2(C)C1CC[C@]2(O)C(=O)COc1ncnc2cc(Cl)ccc12. The van der Waals surface area contributed by atoms with Gasteiger partial charge in [0.2, 0.25) is 11.7 Å². The molecule has 1 heterocycles. The summed E-state index contributed by atoms with van der Waals surface area (Å²) in [4.78, 5) is 34.0. The van der Waals surface area contributed by atoms with Crippen LogP contribution in [0.4, 0.5) is 0 Å². The van der Waals surface area contributed by atoms with E-state index in [1.165, 1.54) is 6.33 Å². The van der Waals surface area contributed by atoms with E-state index in [2.05, 4.69) is 16.9 Å². The maximum absolute atomic E-state index is 13.6. The first-order chi connectivity index (χ1) is 17.6. The minimum Gasteiger partial charge on any atom is -0.469 e. The normalized spacial score (nSPS) is 38.5. The third-order valence-corrected chi connectivity index (χ3v) is 10.2. The van der Waals surface area contributed by atoms with Crippen molar-refractivity contribution in [3.05, 3.63) is 53.4 Å². The molecule has 0 radical (unpaired) electrons. The topological polar surface area (TPSA) is 110 Å². The van der Waals surface area contributed by atoms with Crippen molar-refractivity contribution in [3.8, 4) is 5.88 Å². The number of ketones is 2. The zero-order valence-electron chi connectivity index (χ0n) is 21.0. The van der Waals surface area contributed by atoms with Gasteiger partial charge < -0.3 is 14.9 Å². The van der Waals surface area contributed by atoms with E-state index in [0.29, 0.717) is 35.2 Å². The van der Waals surface area contributed by atoms with Gasteiger partial charge >= 0.3 is 0 Å². The number of aliphatic hydroxyl groups is 2. The average molecular weight is 523 g/mol. The largest absolute Gasteiger partial charge is 0.469 e. The molecule has 0 bridgehead atoms. The maximum Gasteiger partial charge on any atom is 0.224 e. The summed E-state index contributed by atoms with van der Waals surface area (Å²) in [6, 6.07) is 5.16. The summed E-state index contributed by atoms with van der Waals surface area (Å²) in [6.07, 6.45) is 8.95. The molecule has 7 atom stereocenters. The third kappa shape index (κ3) is 3.54. The van der Waals surface area contributed by atoms with Gasteiger partial charge in [-0.3, -0.25) is 9.59 Å². The molecule has 194 valence electrons. The molecule has 5 unspecified atom stereocenters. The van der Waals surface area contributed by atoms with E-state index in [0.717, 1.165) is 18.4 Å². The number of Topliss-reactive ketones (excluding diaryl/α,β-unsaturated/α-hetero) is 1. The Labute approximate surface area is 220 Å². The van der Waals surface area contributed by atoms with Crippen LogP contribution in [-0.4, -0.2) is 50.1 Å². The standard InChI is InChI=1S/C29H31ClN2O5/c1-27-9-7-18(33)11-16(27)3-5-19-21-8-10-29(36,28(21,2)13-23(34)25(19)27)24(35)14-37-26-20-6-4-17(30)12-22(20)31-15-32-26/h4,6-7,9,11-12,15,19,21,23,25,34,36H,3,5,8,10,13-14H2,1-2H3/t19?,21?,23-,25?,27?,28?,29-/m0/s1. The lowest BCUT2D eigenvalue weighted by Crippen LogP contribution is -2.61. The minimum atomic E-state index is -1.61. The van der Waals surface area contributed by atoms with Crippen LogP contribution in [0.2, 0.25) is 5.02 Å². The molecular formula is C29H31ClN2O5. The molecule has 0 aliphatic heterocycles. The fourth-order valence-electron chi connectivity index (χ4n) is 8.16. The highest BCUT2D eigenvalue weighted by atomic mass is 35.5. The van der Waals surface area contributed by atoms with Gasteiger partial charge in [0.05, 0.1) is 17.0 Å². The number of allylic oxidation sites excluding steroid dienone is 4. The zero-order valence-corrected chi connectivity index (χ0v) is 21.7. The summed E-state index contributed by atoms with van der Waals surface area (Å²) in [5.74, 6) is 0.0486. The number of fused-ring (bicyclic) bond motifs is 6. The van der Waals surface area contributed by atoms with Crippen LogP contribution in [0.1, 0.15) is 46.0 Å². The van der Waals surface area contributed by atoms with E-state index < -0.39 is 22.9 Å². The van der Waals surface area contributed by atoms with Crippen LogP contribution in [0.5, 0.6) is 5.88 Å². The summed E-state index contributed by atoms with van der Waals surface area (Å²) in [6.45, 7) is 3.75. The molecule has 8 heteroatoms. The van der Waals surface area contributed by atoms with Gasteiger partial charge in [0.1, 0.15) is 11.9 Å². The van der Waals surface area contributed by atoms with Gasteiger partial charge in [-0.2, -0.15) is 0 Å². The highest BCUT2D eigenvalue weighted by Gasteiger charge is 2.68. The number of carbonyl (C=O) groups excluding carboxylic acids is 2. The number of carbonyl (C=O) groups is 2. The highest BCUT2D eigenvalue weighted by molar-refractivity contribution is 6.31.